The first-order valence-electron chi connectivity index (χ1n) is 6.66. The monoisotopic (exact) mass is 314 g/mol. The number of aromatic nitrogens is 1. The highest BCUT2D eigenvalue weighted by atomic mass is 35.5. The smallest absolute Gasteiger partial charge is 0.317 e. The summed E-state index contributed by atoms with van der Waals surface area (Å²) in [5.74, 6) is -0.980. The molecule has 1 saturated heterocycles. The van der Waals surface area contributed by atoms with Gasteiger partial charge in [-0.25, -0.2) is 14.2 Å². The second-order valence-electron chi connectivity index (χ2n) is 4.61. The van der Waals surface area contributed by atoms with Gasteiger partial charge in [-0.05, 0) is 13.0 Å². The Bertz CT molecular complexity index is 547. The number of hydrogen-bond acceptors (Lipinski definition) is 3. The second kappa shape index (κ2) is 6.71. The molecule has 3 amide bonds. The van der Waals surface area contributed by atoms with Gasteiger partial charge >= 0.3 is 6.03 Å². The van der Waals surface area contributed by atoms with Crippen molar-refractivity contribution >= 4 is 23.5 Å². The lowest BCUT2D eigenvalue weighted by atomic mass is 10.2. The van der Waals surface area contributed by atoms with E-state index < -0.39 is 5.82 Å². The van der Waals surface area contributed by atoms with Crippen molar-refractivity contribution in [3.63, 3.8) is 0 Å². The van der Waals surface area contributed by atoms with Crippen LogP contribution in [0.2, 0.25) is 5.15 Å². The number of amides is 3. The molecule has 0 spiro atoms. The molecule has 1 aliphatic heterocycles. The van der Waals surface area contributed by atoms with E-state index in [1.54, 1.807) is 4.90 Å². The van der Waals surface area contributed by atoms with Crippen LogP contribution in [0, 0.1) is 5.82 Å². The quantitative estimate of drug-likeness (QED) is 0.838. The van der Waals surface area contributed by atoms with Crippen LogP contribution >= 0.6 is 11.6 Å². The highest BCUT2D eigenvalue weighted by Crippen LogP contribution is 2.17. The summed E-state index contributed by atoms with van der Waals surface area (Å²) in [6.07, 6.45) is 0.964. The lowest BCUT2D eigenvalue weighted by Gasteiger charge is -2.34. The molecule has 114 valence electrons. The van der Waals surface area contributed by atoms with E-state index >= 15 is 0 Å². The maximum atomic E-state index is 13.2. The third kappa shape index (κ3) is 3.60. The van der Waals surface area contributed by atoms with Crippen LogP contribution in [-0.2, 0) is 0 Å². The Balaban J connectivity index is 2.00. The van der Waals surface area contributed by atoms with Crippen molar-refractivity contribution in [1.82, 2.24) is 20.1 Å². The van der Waals surface area contributed by atoms with Crippen LogP contribution in [0.4, 0.5) is 9.18 Å². The Hall–Kier alpha value is -1.89. The first-order chi connectivity index (χ1) is 10.0. The summed E-state index contributed by atoms with van der Waals surface area (Å²) in [4.78, 5) is 30.8. The summed E-state index contributed by atoms with van der Waals surface area (Å²) in [5.41, 5.74) is 0.0446. The van der Waals surface area contributed by atoms with Crippen LogP contribution in [0.3, 0.4) is 0 Å². The van der Waals surface area contributed by atoms with Crippen molar-refractivity contribution in [2.45, 2.75) is 6.92 Å². The molecule has 6 nitrogen and oxygen atoms in total. The third-order valence-corrected chi connectivity index (χ3v) is 3.52. The molecule has 0 unspecified atom stereocenters. The Morgan fingerprint density at radius 3 is 2.57 bits per heavy atom. The van der Waals surface area contributed by atoms with E-state index in [9.17, 15) is 14.0 Å². The van der Waals surface area contributed by atoms with E-state index in [4.69, 9.17) is 11.6 Å². The van der Waals surface area contributed by atoms with Gasteiger partial charge in [0.2, 0.25) is 0 Å². The van der Waals surface area contributed by atoms with Gasteiger partial charge < -0.3 is 15.1 Å². The van der Waals surface area contributed by atoms with Gasteiger partial charge in [-0.2, -0.15) is 0 Å². The molecule has 2 rings (SSSR count). The first-order valence-corrected chi connectivity index (χ1v) is 7.03. The Morgan fingerprint density at radius 1 is 1.33 bits per heavy atom. The molecular formula is C13H16ClFN4O2. The molecule has 1 aliphatic rings. The molecular weight excluding hydrogens is 299 g/mol. The number of nitrogens with zero attached hydrogens (tertiary/aromatic N) is 3. The van der Waals surface area contributed by atoms with E-state index in [0.29, 0.717) is 32.7 Å². The zero-order chi connectivity index (χ0) is 15.4. The zero-order valence-electron chi connectivity index (χ0n) is 11.6. The molecule has 0 saturated carbocycles. The number of nitrogens with one attached hydrogen (secondary N) is 1. The molecule has 0 radical (unpaired) electrons. The van der Waals surface area contributed by atoms with Gasteiger partial charge in [0.05, 0.1) is 11.8 Å². The molecule has 0 atom stereocenters. The largest absolute Gasteiger partial charge is 0.338 e. The summed E-state index contributed by atoms with van der Waals surface area (Å²) in [6, 6.07) is 0.934. The van der Waals surface area contributed by atoms with E-state index in [2.05, 4.69) is 10.3 Å². The highest BCUT2D eigenvalue weighted by Gasteiger charge is 2.26. The normalized spacial score (nSPS) is 15.0. The van der Waals surface area contributed by atoms with E-state index in [1.807, 2.05) is 6.92 Å². The summed E-state index contributed by atoms with van der Waals surface area (Å²) < 4.78 is 13.2. The maximum Gasteiger partial charge on any atom is 0.317 e. The highest BCUT2D eigenvalue weighted by molar-refractivity contribution is 6.32. The number of halogens is 2. The predicted molar refractivity (Wildman–Crippen MR) is 75.8 cm³/mol. The van der Waals surface area contributed by atoms with Gasteiger partial charge in [0, 0.05) is 32.7 Å². The van der Waals surface area contributed by atoms with Crippen LogP contribution in [0.1, 0.15) is 17.3 Å². The standard InChI is InChI=1S/C13H16ClFN4O2/c1-2-16-13(21)19-5-3-18(4-6-19)12(20)10-7-9(15)8-17-11(10)14/h7-8H,2-6H2,1H3,(H,16,21). The average molecular weight is 315 g/mol. The van der Waals surface area contributed by atoms with Gasteiger partial charge in [0.15, 0.2) is 0 Å². The minimum Gasteiger partial charge on any atom is -0.338 e. The number of rotatable bonds is 2. The minimum absolute atomic E-state index is 0.0208. The van der Waals surface area contributed by atoms with Crippen LogP contribution in [0.5, 0.6) is 0 Å². The van der Waals surface area contributed by atoms with Crippen molar-refractivity contribution in [2.75, 3.05) is 32.7 Å². The lowest BCUT2D eigenvalue weighted by Crippen LogP contribution is -2.53. The Labute approximate surface area is 126 Å². The van der Waals surface area contributed by atoms with Crippen molar-refractivity contribution < 1.29 is 14.0 Å². The molecule has 1 N–H and O–H groups in total. The van der Waals surface area contributed by atoms with Crippen LogP contribution in [0.25, 0.3) is 0 Å². The summed E-state index contributed by atoms with van der Waals surface area (Å²) in [6.45, 7) is 4.01. The zero-order valence-corrected chi connectivity index (χ0v) is 12.4. The predicted octanol–water partition coefficient (Wildman–Crippen LogP) is 1.36. The molecule has 0 bridgehead atoms. The van der Waals surface area contributed by atoms with Crippen molar-refractivity contribution in [3.05, 3.63) is 28.8 Å². The number of piperazine rings is 1. The topological polar surface area (TPSA) is 65.5 Å². The fourth-order valence-corrected chi connectivity index (χ4v) is 2.30. The van der Waals surface area contributed by atoms with Crippen LogP contribution in [-0.4, -0.2) is 59.4 Å². The summed E-state index contributed by atoms with van der Waals surface area (Å²) in [7, 11) is 0. The first kappa shape index (κ1) is 15.5. The Kier molecular flexibility index (Phi) is 4.95. The number of urea groups is 1. The van der Waals surface area contributed by atoms with Crippen molar-refractivity contribution in [2.24, 2.45) is 0 Å². The average Bonchev–Trinajstić information content (AvgIpc) is 2.49. The van der Waals surface area contributed by atoms with Crippen LogP contribution < -0.4 is 5.32 Å². The van der Waals surface area contributed by atoms with E-state index in [0.717, 1.165) is 12.3 Å². The van der Waals surface area contributed by atoms with Crippen molar-refractivity contribution in [1.29, 1.82) is 0 Å². The number of pyridine rings is 1. The van der Waals surface area contributed by atoms with Gasteiger partial charge in [-0.3, -0.25) is 4.79 Å². The summed E-state index contributed by atoms with van der Waals surface area (Å²) in [5, 5.41) is 2.69. The summed E-state index contributed by atoms with van der Waals surface area (Å²) >= 11 is 5.83. The van der Waals surface area contributed by atoms with Gasteiger partial charge in [0.25, 0.3) is 5.91 Å². The van der Waals surface area contributed by atoms with E-state index in [-0.39, 0.29) is 22.7 Å². The molecule has 1 aromatic heterocycles. The molecule has 8 heteroatoms. The molecule has 2 heterocycles. The fourth-order valence-electron chi connectivity index (χ4n) is 2.12. The van der Waals surface area contributed by atoms with Crippen molar-refractivity contribution in [3.8, 4) is 0 Å². The fraction of sp³-hybridized carbons (Fsp3) is 0.462. The lowest BCUT2D eigenvalue weighted by molar-refractivity contribution is 0.0664. The molecule has 1 fully saturated rings. The number of hydrogen-bond donors (Lipinski definition) is 1. The van der Waals surface area contributed by atoms with Gasteiger partial charge in [-0.15, -0.1) is 0 Å². The Morgan fingerprint density at radius 2 is 1.95 bits per heavy atom. The van der Waals surface area contributed by atoms with Crippen LogP contribution in [0.15, 0.2) is 12.3 Å². The second-order valence-corrected chi connectivity index (χ2v) is 4.96. The third-order valence-electron chi connectivity index (χ3n) is 3.22. The maximum absolute atomic E-state index is 13.2. The SMILES string of the molecule is CCNC(=O)N1CCN(C(=O)c2cc(F)cnc2Cl)CC1. The van der Waals surface area contributed by atoms with E-state index in [1.165, 1.54) is 4.90 Å². The number of carbonyl (C=O) groups excluding carboxylic acids is 2. The van der Waals surface area contributed by atoms with Gasteiger partial charge in [-0.1, -0.05) is 11.6 Å². The molecule has 1 aromatic rings. The molecule has 0 aliphatic carbocycles. The van der Waals surface area contributed by atoms with Gasteiger partial charge in [0.1, 0.15) is 11.0 Å². The minimum atomic E-state index is -0.608. The molecule has 21 heavy (non-hydrogen) atoms. The number of carbonyl (C=O) groups is 2. The molecule has 0 aromatic carbocycles.